The van der Waals surface area contributed by atoms with Crippen LogP contribution in [0.5, 0.6) is 5.06 Å². The van der Waals surface area contributed by atoms with Gasteiger partial charge in [0.15, 0.2) is 5.06 Å². The van der Waals surface area contributed by atoms with Gasteiger partial charge in [-0.1, -0.05) is 47.7 Å². The van der Waals surface area contributed by atoms with Crippen LogP contribution in [0, 0.1) is 6.92 Å². The molecular weight excluding hydrogens is 358 g/mol. The first kappa shape index (κ1) is 17.3. The minimum atomic E-state index is -1.37. The summed E-state index contributed by atoms with van der Waals surface area (Å²) in [4.78, 5) is 23.6. The topological polar surface area (TPSA) is 75.6 Å². The summed E-state index contributed by atoms with van der Waals surface area (Å²) >= 11 is 2.63. The number of rotatable bonds is 4. The maximum atomic E-state index is 12.8. The van der Waals surface area contributed by atoms with E-state index in [1.54, 1.807) is 13.0 Å². The summed E-state index contributed by atoms with van der Waals surface area (Å²) in [5, 5.41) is 13.9. The Morgan fingerprint density at radius 3 is 2.60 bits per heavy atom. The lowest BCUT2D eigenvalue weighted by atomic mass is 10.0. The maximum Gasteiger partial charge on any atom is 0.512 e. The number of nitrogens with one attached hydrogen (secondary N) is 1. The number of ether oxygens (including phenoxy) is 1. The fourth-order valence-electron chi connectivity index (χ4n) is 2.54. The first-order valence-electron chi connectivity index (χ1n) is 7.38. The zero-order valence-electron chi connectivity index (χ0n) is 13.5. The number of hydrogen-bond donors (Lipinski definition) is 2. The van der Waals surface area contributed by atoms with Crippen molar-refractivity contribution in [3.63, 3.8) is 0 Å². The molecule has 0 aliphatic carbocycles. The Hall–Kier alpha value is -2.51. The van der Waals surface area contributed by atoms with Crippen LogP contribution in [0.25, 0.3) is 10.8 Å². The average molecular weight is 373 g/mol. The predicted molar refractivity (Wildman–Crippen MR) is 101 cm³/mol. The van der Waals surface area contributed by atoms with Crippen molar-refractivity contribution in [2.24, 2.45) is 0 Å². The molecular formula is C18H15NO4S2. The van der Waals surface area contributed by atoms with Crippen LogP contribution in [0.1, 0.15) is 15.9 Å². The molecule has 7 heteroatoms. The third kappa shape index (κ3) is 3.47. The minimum absolute atomic E-state index is 0.241. The molecule has 128 valence electrons. The molecule has 0 aliphatic rings. The standard InChI is InChI=1S/C18H15NO4S2/c1-10-14(17(24-2)25-16(10)23-18(21)22)19-15(20)13-9-5-7-11-6-3-4-8-12(11)13/h3-9H,1-2H3,(H,19,20)(H,21,22). The highest BCUT2D eigenvalue weighted by Gasteiger charge is 2.20. The third-order valence-corrected chi connectivity index (χ3v) is 6.00. The Bertz CT molecular complexity index is 960. The number of hydrogen-bond acceptors (Lipinski definition) is 5. The number of benzene rings is 2. The van der Waals surface area contributed by atoms with E-state index >= 15 is 0 Å². The van der Waals surface area contributed by atoms with Crippen molar-refractivity contribution in [1.82, 2.24) is 0 Å². The van der Waals surface area contributed by atoms with Gasteiger partial charge in [-0.3, -0.25) is 4.79 Å². The smallest absolute Gasteiger partial charge is 0.449 e. The van der Waals surface area contributed by atoms with Crippen molar-refractivity contribution in [3.8, 4) is 5.06 Å². The van der Waals surface area contributed by atoms with E-state index in [1.165, 1.54) is 23.1 Å². The van der Waals surface area contributed by atoms with Gasteiger partial charge >= 0.3 is 6.16 Å². The number of carbonyl (C=O) groups excluding carboxylic acids is 1. The van der Waals surface area contributed by atoms with Crippen molar-refractivity contribution in [2.45, 2.75) is 11.1 Å². The van der Waals surface area contributed by atoms with Crippen LogP contribution in [0.2, 0.25) is 0 Å². The highest BCUT2D eigenvalue weighted by atomic mass is 32.2. The van der Waals surface area contributed by atoms with Crippen LogP contribution in [-0.4, -0.2) is 23.4 Å². The molecule has 0 saturated carbocycles. The normalized spacial score (nSPS) is 10.6. The number of thioether (sulfide) groups is 1. The summed E-state index contributed by atoms with van der Waals surface area (Å²) in [7, 11) is 0. The molecule has 25 heavy (non-hydrogen) atoms. The van der Waals surface area contributed by atoms with Gasteiger partial charge < -0.3 is 15.2 Å². The van der Waals surface area contributed by atoms with Crippen LogP contribution in [-0.2, 0) is 0 Å². The van der Waals surface area contributed by atoms with E-state index in [2.05, 4.69) is 5.32 Å². The van der Waals surface area contributed by atoms with E-state index in [0.717, 1.165) is 15.0 Å². The first-order valence-corrected chi connectivity index (χ1v) is 9.42. The van der Waals surface area contributed by atoms with Crippen molar-refractivity contribution in [1.29, 1.82) is 0 Å². The molecule has 0 saturated heterocycles. The summed E-state index contributed by atoms with van der Waals surface area (Å²) in [5.41, 5.74) is 1.76. The van der Waals surface area contributed by atoms with Crippen LogP contribution in [0.4, 0.5) is 10.5 Å². The molecule has 1 heterocycles. The quantitative estimate of drug-likeness (QED) is 0.483. The summed E-state index contributed by atoms with van der Waals surface area (Å²) in [5.74, 6) is -0.241. The Morgan fingerprint density at radius 2 is 1.88 bits per heavy atom. The molecule has 0 spiro atoms. The Kier molecular flexibility index (Phi) is 4.96. The monoisotopic (exact) mass is 373 g/mol. The maximum absolute atomic E-state index is 12.8. The zero-order chi connectivity index (χ0) is 18.0. The fourth-order valence-corrected chi connectivity index (χ4v) is 4.35. The molecule has 0 radical (unpaired) electrons. The molecule has 1 amide bonds. The number of thiophene rings is 1. The highest BCUT2D eigenvalue weighted by molar-refractivity contribution is 8.00. The summed E-state index contributed by atoms with van der Waals surface area (Å²) in [6.45, 7) is 1.73. The molecule has 0 aliphatic heterocycles. The summed E-state index contributed by atoms with van der Waals surface area (Å²) in [6.07, 6.45) is 0.493. The van der Waals surface area contributed by atoms with Crippen LogP contribution >= 0.6 is 23.1 Å². The van der Waals surface area contributed by atoms with Crippen molar-refractivity contribution in [2.75, 3.05) is 11.6 Å². The number of fused-ring (bicyclic) bond motifs is 1. The Balaban J connectivity index is 1.98. The molecule has 1 aromatic heterocycles. The van der Waals surface area contributed by atoms with Gasteiger partial charge in [-0.15, -0.1) is 11.8 Å². The fraction of sp³-hybridized carbons (Fsp3) is 0.111. The lowest BCUT2D eigenvalue weighted by molar-refractivity contribution is 0.102. The number of anilines is 1. The third-order valence-electron chi connectivity index (χ3n) is 3.71. The van der Waals surface area contributed by atoms with E-state index in [0.29, 0.717) is 16.8 Å². The number of amides is 1. The van der Waals surface area contributed by atoms with E-state index in [4.69, 9.17) is 9.84 Å². The van der Waals surface area contributed by atoms with E-state index in [1.807, 2.05) is 42.7 Å². The lowest BCUT2D eigenvalue weighted by Gasteiger charge is -2.09. The van der Waals surface area contributed by atoms with Gasteiger partial charge in [0.25, 0.3) is 5.91 Å². The highest BCUT2D eigenvalue weighted by Crippen LogP contribution is 2.44. The second kappa shape index (κ2) is 7.16. The van der Waals surface area contributed by atoms with Crippen molar-refractivity contribution in [3.05, 3.63) is 53.6 Å². The van der Waals surface area contributed by atoms with Crippen molar-refractivity contribution < 1.29 is 19.4 Å². The van der Waals surface area contributed by atoms with Crippen LogP contribution < -0.4 is 10.1 Å². The van der Waals surface area contributed by atoms with Gasteiger partial charge in [0.2, 0.25) is 0 Å². The predicted octanol–water partition coefficient (Wildman–Crippen LogP) is 5.24. The molecule has 2 N–H and O–H groups in total. The van der Waals surface area contributed by atoms with Crippen LogP contribution in [0.3, 0.4) is 0 Å². The number of carboxylic acid groups (broad SMARTS) is 1. The van der Waals surface area contributed by atoms with Gasteiger partial charge in [0.1, 0.15) is 0 Å². The largest absolute Gasteiger partial charge is 0.512 e. The Morgan fingerprint density at radius 1 is 1.16 bits per heavy atom. The summed E-state index contributed by atoms with van der Waals surface area (Å²) in [6, 6.07) is 13.2. The van der Waals surface area contributed by atoms with Crippen molar-refractivity contribution >= 4 is 51.6 Å². The second-order valence-corrected chi connectivity index (χ2v) is 7.29. The molecule has 0 fully saturated rings. The van der Waals surface area contributed by atoms with Gasteiger partial charge in [0.05, 0.1) is 9.90 Å². The molecule has 0 atom stereocenters. The van der Waals surface area contributed by atoms with Gasteiger partial charge in [-0.2, -0.15) is 0 Å². The van der Waals surface area contributed by atoms with E-state index in [9.17, 15) is 9.59 Å². The molecule has 5 nitrogen and oxygen atoms in total. The minimum Gasteiger partial charge on any atom is -0.449 e. The molecule has 3 aromatic rings. The molecule has 0 unspecified atom stereocenters. The van der Waals surface area contributed by atoms with Crippen LogP contribution in [0.15, 0.2) is 46.7 Å². The van der Waals surface area contributed by atoms with E-state index < -0.39 is 6.16 Å². The molecule has 0 bridgehead atoms. The first-order chi connectivity index (χ1) is 12.0. The SMILES string of the molecule is CSc1sc(OC(=O)O)c(C)c1NC(=O)c1cccc2ccccc12. The molecule has 3 rings (SSSR count). The van der Waals surface area contributed by atoms with E-state index in [-0.39, 0.29) is 11.0 Å². The van der Waals surface area contributed by atoms with Gasteiger partial charge in [0, 0.05) is 11.1 Å². The lowest BCUT2D eigenvalue weighted by Crippen LogP contribution is -2.13. The van der Waals surface area contributed by atoms with Gasteiger partial charge in [-0.25, -0.2) is 4.79 Å². The average Bonchev–Trinajstić information content (AvgIpc) is 2.89. The number of carbonyl (C=O) groups is 2. The summed E-state index contributed by atoms with van der Waals surface area (Å²) < 4.78 is 5.59. The second-order valence-electron chi connectivity index (χ2n) is 5.23. The Labute approximate surface area is 152 Å². The van der Waals surface area contributed by atoms with Gasteiger partial charge in [-0.05, 0) is 30.0 Å². The molecule has 2 aromatic carbocycles. The zero-order valence-corrected chi connectivity index (χ0v) is 15.2.